The number of aldehydes is 1. The molecule has 0 saturated heterocycles. The molecule has 100 valence electrons. The zero-order valence-electron chi connectivity index (χ0n) is 10.9. The van der Waals surface area contributed by atoms with Crippen molar-refractivity contribution >= 4 is 12.1 Å². The normalized spacial score (nSPS) is 9.75. The van der Waals surface area contributed by atoms with Crippen LogP contribution in [0.15, 0.2) is 42.9 Å². The van der Waals surface area contributed by atoms with Crippen LogP contribution in [0.5, 0.6) is 0 Å². The third-order valence-corrected chi connectivity index (χ3v) is 2.83. The summed E-state index contributed by atoms with van der Waals surface area (Å²) in [4.78, 5) is 21.4. The van der Waals surface area contributed by atoms with Gasteiger partial charge < -0.3 is 4.90 Å². The van der Waals surface area contributed by atoms with E-state index in [0.717, 1.165) is 11.8 Å². The maximum Gasteiger partial charge on any atom is 0.153 e. The lowest BCUT2D eigenvalue weighted by molar-refractivity contribution is 0.112. The summed E-state index contributed by atoms with van der Waals surface area (Å²) in [6.45, 7) is 1.08. The SMILES string of the molecule is N#CCCN(Cc1cccnc1)c1ncccc1C=O. The predicted molar refractivity (Wildman–Crippen MR) is 75.1 cm³/mol. The monoisotopic (exact) mass is 266 g/mol. The summed E-state index contributed by atoms with van der Waals surface area (Å²) >= 11 is 0. The zero-order valence-corrected chi connectivity index (χ0v) is 10.9. The van der Waals surface area contributed by atoms with E-state index in [0.29, 0.717) is 30.9 Å². The summed E-state index contributed by atoms with van der Waals surface area (Å²) in [6, 6.07) is 9.37. The van der Waals surface area contributed by atoms with Gasteiger partial charge in [0, 0.05) is 31.7 Å². The summed E-state index contributed by atoms with van der Waals surface area (Å²) in [6.07, 6.45) is 6.27. The van der Waals surface area contributed by atoms with Crippen LogP contribution in [0.2, 0.25) is 0 Å². The van der Waals surface area contributed by atoms with Crippen LogP contribution in [-0.4, -0.2) is 22.8 Å². The number of nitriles is 1. The van der Waals surface area contributed by atoms with Crippen molar-refractivity contribution in [2.75, 3.05) is 11.4 Å². The van der Waals surface area contributed by atoms with Gasteiger partial charge in [-0.05, 0) is 23.8 Å². The van der Waals surface area contributed by atoms with Gasteiger partial charge in [-0.1, -0.05) is 6.07 Å². The number of nitrogens with zero attached hydrogens (tertiary/aromatic N) is 4. The molecule has 20 heavy (non-hydrogen) atoms. The molecule has 2 heterocycles. The van der Waals surface area contributed by atoms with Gasteiger partial charge in [-0.15, -0.1) is 0 Å². The molecule has 0 aliphatic rings. The van der Waals surface area contributed by atoms with E-state index >= 15 is 0 Å². The fourth-order valence-electron chi connectivity index (χ4n) is 1.92. The van der Waals surface area contributed by atoms with Crippen LogP contribution in [0.25, 0.3) is 0 Å². The molecule has 2 aromatic rings. The summed E-state index contributed by atoms with van der Waals surface area (Å²) in [5, 5.41) is 8.78. The molecule has 0 bridgehead atoms. The second-order valence-electron chi connectivity index (χ2n) is 4.23. The maximum atomic E-state index is 11.1. The Morgan fingerprint density at radius 1 is 1.30 bits per heavy atom. The molecule has 0 aliphatic carbocycles. The Balaban J connectivity index is 2.27. The third-order valence-electron chi connectivity index (χ3n) is 2.83. The molecule has 0 N–H and O–H groups in total. The van der Waals surface area contributed by atoms with Crippen molar-refractivity contribution in [1.29, 1.82) is 5.26 Å². The largest absolute Gasteiger partial charge is 0.351 e. The van der Waals surface area contributed by atoms with Gasteiger partial charge >= 0.3 is 0 Å². The van der Waals surface area contributed by atoms with Crippen molar-refractivity contribution in [3.63, 3.8) is 0 Å². The standard InChI is InChI=1S/C15H14N4O/c16-6-3-9-19(11-13-4-1-7-17-10-13)15-14(12-20)5-2-8-18-15/h1-2,4-5,7-8,10,12H,3,9,11H2. The number of hydrogen-bond donors (Lipinski definition) is 0. The Bertz CT molecular complexity index is 607. The average molecular weight is 266 g/mol. The molecular weight excluding hydrogens is 252 g/mol. The van der Waals surface area contributed by atoms with Gasteiger partial charge in [-0.25, -0.2) is 4.98 Å². The van der Waals surface area contributed by atoms with Gasteiger partial charge in [-0.3, -0.25) is 9.78 Å². The van der Waals surface area contributed by atoms with E-state index in [9.17, 15) is 4.79 Å². The van der Waals surface area contributed by atoms with Gasteiger partial charge in [0.2, 0.25) is 0 Å². The molecule has 0 fully saturated rings. The number of aromatic nitrogens is 2. The first-order chi connectivity index (χ1) is 9.85. The molecule has 0 amide bonds. The predicted octanol–water partition coefficient (Wildman–Crippen LogP) is 2.21. The van der Waals surface area contributed by atoms with Crippen molar-refractivity contribution in [3.05, 3.63) is 54.0 Å². The fraction of sp³-hybridized carbons (Fsp3) is 0.200. The average Bonchev–Trinajstić information content (AvgIpc) is 2.52. The molecular formula is C15H14N4O. The quantitative estimate of drug-likeness (QED) is 0.750. The lowest BCUT2D eigenvalue weighted by Gasteiger charge is -2.23. The molecule has 5 heteroatoms. The number of pyridine rings is 2. The van der Waals surface area contributed by atoms with E-state index in [2.05, 4.69) is 16.0 Å². The molecule has 0 aliphatic heterocycles. The summed E-state index contributed by atoms with van der Waals surface area (Å²) in [5.74, 6) is 0.599. The van der Waals surface area contributed by atoms with Gasteiger partial charge in [0.25, 0.3) is 0 Å². The Morgan fingerprint density at radius 2 is 2.15 bits per heavy atom. The van der Waals surface area contributed by atoms with E-state index in [1.807, 2.05) is 17.0 Å². The van der Waals surface area contributed by atoms with Gasteiger partial charge in [0.1, 0.15) is 5.82 Å². The highest BCUT2D eigenvalue weighted by atomic mass is 16.1. The molecule has 0 spiro atoms. The van der Waals surface area contributed by atoms with E-state index in [-0.39, 0.29) is 0 Å². The lowest BCUT2D eigenvalue weighted by atomic mass is 10.2. The molecule has 0 atom stereocenters. The molecule has 0 radical (unpaired) electrons. The second kappa shape index (κ2) is 7.00. The molecule has 0 saturated carbocycles. The lowest BCUT2D eigenvalue weighted by Crippen LogP contribution is -2.26. The smallest absolute Gasteiger partial charge is 0.153 e. The maximum absolute atomic E-state index is 11.1. The van der Waals surface area contributed by atoms with Crippen LogP contribution in [-0.2, 0) is 6.54 Å². The Kier molecular flexibility index (Phi) is 4.79. The number of hydrogen-bond acceptors (Lipinski definition) is 5. The van der Waals surface area contributed by atoms with Crippen LogP contribution < -0.4 is 4.90 Å². The number of anilines is 1. The van der Waals surface area contributed by atoms with Crippen LogP contribution in [0.4, 0.5) is 5.82 Å². The van der Waals surface area contributed by atoms with Gasteiger partial charge in [0.05, 0.1) is 18.1 Å². The minimum Gasteiger partial charge on any atom is -0.351 e. The molecule has 0 unspecified atom stereocenters. The summed E-state index contributed by atoms with van der Waals surface area (Å²) in [5.41, 5.74) is 1.53. The molecule has 2 aromatic heterocycles. The third kappa shape index (κ3) is 3.39. The summed E-state index contributed by atoms with van der Waals surface area (Å²) in [7, 11) is 0. The first-order valence-electron chi connectivity index (χ1n) is 6.26. The van der Waals surface area contributed by atoms with Gasteiger partial charge in [0.15, 0.2) is 6.29 Å². The van der Waals surface area contributed by atoms with Crippen molar-refractivity contribution in [2.24, 2.45) is 0 Å². The van der Waals surface area contributed by atoms with Crippen molar-refractivity contribution in [3.8, 4) is 6.07 Å². The van der Waals surface area contributed by atoms with Crippen molar-refractivity contribution in [1.82, 2.24) is 9.97 Å². The highest BCUT2D eigenvalue weighted by Crippen LogP contribution is 2.18. The first kappa shape index (κ1) is 13.7. The van der Waals surface area contributed by atoms with Crippen LogP contribution in [0.3, 0.4) is 0 Å². The van der Waals surface area contributed by atoms with Gasteiger partial charge in [-0.2, -0.15) is 5.26 Å². The minimum absolute atomic E-state index is 0.370. The minimum atomic E-state index is 0.370. The number of rotatable bonds is 6. The van der Waals surface area contributed by atoms with E-state index in [1.54, 1.807) is 30.7 Å². The Morgan fingerprint density at radius 3 is 2.85 bits per heavy atom. The Hall–Kier alpha value is -2.74. The molecule has 5 nitrogen and oxygen atoms in total. The zero-order chi connectivity index (χ0) is 14.2. The van der Waals surface area contributed by atoms with Crippen LogP contribution in [0.1, 0.15) is 22.3 Å². The van der Waals surface area contributed by atoms with Crippen LogP contribution in [0, 0.1) is 11.3 Å². The summed E-state index contributed by atoms with van der Waals surface area (Å²) < 4.78 is 0. The van der Waals surface area contributed by atoms with E-state index < -0.39 is 0 Å². The van der Waals surface area contributed by atoms with Crippen molar-refractivity contribution < 1.29 is 4.79 Å². The Labute approximate surface area is 117 Å². The molecule has 0 aromatic carbocycles. The highest BCUT2D eigenvalue weighted by Gasteiger charge is 2.12. The van der Waals surface area contributed by atoms with Crippen molar-refractivity contribution in [2.45, 2.75) is 13.0 Å². The molecule has 2 rings (SSSR count). The first-order valence-corrected chi connectivity index (χ1v) is 6.26. The van der Waals surface area contributed by atoms with Crippen LogP contribution >= 0.6 is 0 Å². The second-order valence-corrected chi connectivity index (χ2v) is 4.23. The number of carbonyl (C=O) groups excluding carboxylic acids is 1. The van der Waals surface area contributed by atoms with E-state index in [4.69, 9.17) is 5.26 Å². The fourth-order valence-corrected chi connectivity index (χ4v) is 1.92. The highest BCUT2D eigenvalue weighted by molar-refractivity contribution is 5.82. The van der Waals surface area contributed by atoms with E-state index in [1.165, 1.54) is 0 Å². The topological polar surface area (TPSA) is 69.9 Å². The number of carbonyl (C=O) groups is 1.